The molecule has 0 bridgehead atoms. The molecule has 0 fully saturated rings. The SMILES string of the molecule is COc1cccc(Nc2ncnc3cc(NC(=O)CCl)ccc23)c1. The molecule has 0 aliphatic rings. The largest absolute Gasteiger partial charge is 0.497 e. The summed E-state index contributed by atoms with van der Waals surface area (Å²) in [6.07, 6.45) is 1.47. The molecule has 0 aliphatic carbocycles. The molecule has 0 saturated carbocycles. The Kier molecular flexibility index (Phi) is 4.77. The molecule has 7 heteroatoms. The van der Waals surface area contributed by atoms with Crippen LogP contribution < -0.4 is 15.4 Å². The zero-order chi connectivity index (χ0) is 16.9. The number of methoxy groups -OCH3 is 1. The molecule has 6 nitrogen and oxygen atoms in total. The molecule has 0 aliphatic heterocycles. The molecule has 3 rings (SSSR count). The normalized spacial score (nSPS) is 10.4. The number of hydrogen-bond donors (Lipinski definition) is 2. The van der Waals surface area contributed by atoms with Crippen LogP contribution >= 0.6 is 11.6 Å². The van der Waals surface area contributed by atoms with Gasteiger partial charge in [-0.1, -0.05) is 6.07 Å². The number of fused-ring (bicyclic) bond motifs is 1. The van der Waals surface area contributed by atoms with Gasteiger partial charge in [0.05, 0.1) is 12.6 Å². The first-order valence-corrected chi connectivity index (χ1v) is 7.74. The van der Waals surface area contributed by atoms with E-state index in [2.05, 4.69) is 20.6 Å². The smallest absolute Gasteiger partial charge is 0.239 e. The highest BCUT2D eigenvalue weighted by Gasteiger charge is 2.07. The molecule has 0 spiro atoms. The van der Waals surface area contributed by atoms with E-state index in [1.807, 2.05) is 30.3 Å². The number of alkyl halides is 1. The minimum absolute atomic E-state index is 0.0928. The van der Waals surface area contributed by atoms with Crippen molar-refractivity contribution in [3.8, 4) is 5.75 Å². The average Bonchev–Trinajstić information content (AvgIpc) is 2.62. The monoisotopic (exact) mass is 342 g/mol. The van der Waals surface area contributed by atoms with E-state index in [0.717, 1.165) is 16.8 Å². The fourth-order valence-corrected chi connectivity index (χ4v) is 2.33. The lowest BCUT2D eigenvalue weighted by molar-refractivity contribution is -0.113. The summed E-state index contributed by atoms with van der Waals surface area (Å²) < 4.78 is 5.22. The second-order valence-corrected chi connectivity index (χ2v) is 5.26. The molecule has 1 aromatic heterocycles. The van der Waals surface area contributed by atoms with Gasteiger partial charge in [0.25, 0.3) is 0 Å². The number of ether oxygens (including phenoxy) is 1. The van der Waals surface area contributed by atoms with Gasteiger partial charge in [0, 0.05) is 22.8 Å². The number of halogens is 1. The van der Waals surface area contributed by atoms with Gasteiger partial charge in [-0.25, -0.2) is 9.97 Å². The van der Waals surface area contributed by atoms with Crippen molar-refractivity contribution >= 4 is 45.6 Å². The number of anilines is 3. The zero-order valence-electron chi connectivity index (χ0n) is 12.9. The van der Waals surface area contributed by atoms with Gasteiger partial charge in [0.1, 0.15) is 23.8 Å². The summed E-state index contributed by atoms with van der Waals surface area (Å²) in [4.78, 5) is 19.9. The maximum absolute atomic E-state index is 11.4. The zero-order valence-corrected chi connectivity index (χ0v) is 13.7. The van der Waals surface area contributed by atoms with Gasteiger partial charge in [-0.05, 0) is 30.3 Å². The Bertz CT molecular complexity index is 885. The second-order valence-electron chi connectivity index (χ2n) is 4.99. The van der Waals surface area contributed by atoms with Gasteiger partial charge >= 0.3 is 0 Å². The molecular weight excluding hydrogens is 328 g/mol. The third-order valence-electron chi connectivity index (χ3n) is 3.37. The third kappa shape index (κ3) is 3.55. The first-order chi connectivity index (χ1) is 11.7. The summed E-state index contributed by atoms with van der Waals surface area (Å²) in [6.45, 7) is 0. The summed E-state index contributed by atoms with van der Waals surface area (Å²) in [5.41, 5.74) is 2.20. The highest BCUT2D eigenvalue weighted by molar-refractivity contribution is 6.29. The minimum Gasteiger partial charge on any atom is -0.497 e. The van der Waals surface area contributed by atoms with Gasteiger partial charge in [0.15, 0.2) is 0 Å². The summed E-state index contributed by atoms with van der Waals surface area (Å²) >= 11 is 5.50. The highest BCUT2D eigenvalue weighted by atomic mass is 35.5. The van der Waals surface area contributed by atoms with Gasteiger partial charge in [-0.15, -0.1) is 11.6 Å². The van der Waals surface area contributed by atoms with E-state index in [1.54, 1.807) is 19.2 Å². The fraction of sp³-hybridized carbons (Fsp3) is 0.118. The molecule has 0 unspecified atom stereocenters. The predicted molar refractivity (Wildman–Crippen MR) is 95.2 cm³/mol. The van der Waals surface area contributed by atoms with E-state index in [-0.39, 0.29) is 11.8 Å². The number of benzene rings is 2. The van der Waals surface area contributed by atoms with Crippen molar-refractivity contribution in [1.82, 2.24) is 9.97 Å². The minimum atomic E-state index is -0.264. The van der Waals surface area contributed by atoms with Crippen LogP contribution in [0.25, 0.3) is 10.9 Å². The van der Waals surface area contributed by atoms with Crippen LogP contribution in [0.2, 0.25) is 0 Å². The summed E-state index contributed by atoms with van der Waals surface area (Å²) in [5, 5.41) is 6.79. The second kappa shape index (κ2) is 7.14. The molecule has 0 atom stereocenters. The van der Waals surface area contributed by atoms with Crippen molar-refractivity contribution in [3.05, 3.63) is 48.8 Å². The lowest BCUT2D eigenvalue weighted by atomic mass is 10.2. The Balaban J connectivity index is 1.92. The number of nitrogens with one attached hydrogen (secondary N) is 2. The molecule has 0 saturated heterocycles. The number of hydrogen-bond acceptors (Lipinski definition) is 5. The summed E-state index contributed by atoms with van der Waals surface area (Å²) in [5.74, 6) is 1.07. The van der Waals surface area contributed by atoms with E-state index in [1.165, 1.54) is 6.33 Å². The van der Waals surface area contributed by atoms with Crippen molar-refractivity contribution in [2.75, 3.05) is 23.6 Å². The van der Waals surface area contributed by atoms with Crippen LogP contribution in [0.5, 0.6) is 5.75 Å². The van der Waals surface area contributed by atoms with Crippen molar-refractivity contribution in [2.45, 2.75) is 0 Å². The Morgan fingerprint density at radius 1 is 1.17 bits per heavy atom. The third-order valence-corrected chi connectivity index (χ3v) is 3.62. The molecule has 1 heterocycles. The van der Waals surface area contributed by atoms with E-state index < -0.39 is 0 Å². The van der Waals surface area contributed by atoms with E-state index >= 15 is 0 Å². The number of carbonyl (C=O) groups is 1. The molecular formula is C17H15ClN4O2. The number of amides is 1. The first kappa shape index (κ1) is 16.0. The Morgan fingerprint density at radius 3 is 2.83 bits per heavy atom. The lowest BCUT2D eigenvalue weighted by Crippen LogP contribution is -2.12. The molecule has 0 radical (unpaired) electrons. The number of rotatable bonds is 5. The average molecular weight is 343 g/mol. The Labute approximate surface area is 143 Å². The van der Waals surface area contributed by atoms with Crippen LogP contribution in [0.1, 0.15) is 0 Å². The van der Waals surface area contributed by atoms with Crippen LogP contribution in [0.15, 0.2) is 48.8 Å². The van der Waals surface area contributed by atoms with Crippen LogP contribution in [-0.2, 0) is 4.79 Å². The molecule has 122 valence electrons. The van der Waals surface area contributed by atoms with Crippen molar-refractivity contribution in [1.29, 1.82) is 0 Å². The number of nitrogens with zero attached hydrogens (tertiary/aromatic N) is 2. The van der Waals surface area contributed by atoms with E-state index in [4.69, 9.17) is 16.3 Å². The number of carbonyl (C=O) groups excluding carboxylic acids is 1. The molecule has 1 amide bonds. The van der Waals surface area contributed by atoms with Crippen LogP contribution in [0.3, 0.4) is 0 Å². The maximum atomic E-state index is 11.4. The van der Waals surface area contributed by atoms with Crippen LogP contribution in [0.4, 0.5) is 17.2 Å². The fourth-order valence-electron chi connectivity index (χ4n) is 2.27. The van der Waals surface area contributed by atoms with Crippen LogP contribution in [-0.4, -0.2) is 28.9 Å². The topological polar surface area (TPSA) is 76.1 Å². The first-order valence-electron chi connectivity index (χ1n) is 7.21. The highest BCUT2D eigenvalue weighted by Crippen LogP contribution is 2.26. The van der Waals surface area contributed by atoms with Gasteiger partial charge in [-0.3, -0.25) is 4.79 Å². The van der Waals surface area contributed by atoms with Crippen molar-refractivity contribution < 1.29 is 9.53 Å². The standard InChI is InChI=1S/C17H15ClN4O2/c1-24-13-4-2-3-11(7-13)22-17-14-6-5-12(21-16(23)9-18)8-15(14)19-10-20-17/h2-8,10H,9H2,1H3,(H,21,23)(H,19,20,22). The summed E-state index contributed by atoms with van der Waals surface area (Å²) in [7, 11) is 1.62. The molecule has 24 heavy (non-hydrogen) atoms. The Morgan fingerprint density at radius 2 is 2.04 bits per heavy atom. The Hall–Kier alpha value is -2.86. The lowest BCUT2D eigenvalue weighted by Gasteiger charge is -2.10. The van der Waals surface area contributed by atoms with Crippen molar-refractivity contribution in [2.24, 2.45) is 0 Å². The maximum Gasteiger partial charge on any atom is 0.239 e. The quantitative estimate of drug-likeness (QED) is 0.693. The predicted octanol–water partition coefficient (Wildman–Crippen LogP) is 3.56. The molecule has 3 aromatic rings. The molecule has 2 N–H and O–H groups in total. The van der Waals surface area contributed by atoms with Gasteiger partial charge in [0.2, 0.25) is 5.91 Å². The number of aromatic nitrogens is 2. The van der Waals surface area contributed by atoms with E-state index in [9.17, 15) is 4.79 Å². The van der Waals surface area contributed by atoms with Crippen LogP contribution in [0, 0.1) is 0 Å². The molecule has 2 aromatic carbocycles. The summed E-state index contributed by atoms with van der Waals surface area (Å²) in [6, 6.07) is 13.0. The van der Waals surface area contributed by atoms with Crippen molar-refractivity contribution in [3.63, 3.8) is 0 Å². The van der Waals surface area contributed by atoms with E-state index in [0.29, 0.717) is 17.0 Å². The van der Waals surface area contributed by atoms with Gasteiger partial charge < -0.3 is 15.4 Å². The van der Waals surface area contributed by atoms with Gasteiger partial charge in [-0.2, -0.15) is 0 Å².